The molecular weight excluding hydrogens is 310 g/mol. The van der Waals surface area contributed by atoms with Crippen LogP contribution in [0.2, 0.25) is 0 Å². The average Bonchev–Trinajstić information content (AvgIpc) is 2.60. The van der Waals surface area contributed by atoms with Crippen LogP contribution in [0.1, 0.15) is 0 Å². The van der Waals surface area contributed by atoms with E-state index < -0.39 is 0 Å². The molecule has 0 fully saturated rings. The summed E-state index contributed by atoms with van der Waals surface area (Å²) in [6, 6.07) is 22.0. The first-order valence-corrected chi connectivity index (χ1v) is 8.44. The van der Waals surface area contributed by atoms with Crippen LogP contribution in [0.4, 0.5) is 11.4 Å². The normalized spacial score (nSPS) is 12.0. The Hall–Kier alpha value is -2.72. The van der Waals surface area contributed by atoms with Gasteiger partial charge in [0, 0.05) is 5.39 Å². The van der Waals surface area contributed by atoms with Gasteiger partial charge in [0.2, 0.25) is 0 Å². The number of benzene rings is 3. The molecule has 0 unspecified atom stereocenters. The summed E-state index contributed by atoms with van der Waals surface area (Å²) in [5.41, 5.74) is 1.69. The Bertz CT molecular complexity index is 859. The van der Waals surface area contributed by atoms with Crippen molar-refractivity contribution in [3.05, 3.63) is 66.7 Å². The zero-order valence-electron chi connectivity index (χ0n) is 15.0. The summed E-state index contributed by atoms with van der Waals surface area (Å²) in [4.78, 5) is 0. The molecule has 0 saturated heterocycles. The molecule has 3 aromatic rings. The fourth-order valence-corrected chi connectivity index (χ4v) is 2.45. The van der Waals surface area contributed by atoms with Gasteiger partial charge in [-0.3, -0.25) is 0 Å². The van der Waals surface area contributed by atoms with Crippen molar-refractivity contribution in [2.45, 2.75) is 0 Å². The number of rotatable bonds is 6. The van der Waals surface area contributed by atoms with Gasteiger partial charge in [-0.05, 0) is 35.7 Å². The molecule has 0 radical (unpaired) electrons. The van der Waals surface area contributed by atoms with Crippen molar-refractivity contribution in [2.75, 3.05) is 34.3 Å². The molecular formula is C21H24N3O+. The van der Waals surface area contributed by atoms with Crippen LogP contribution in [0, 0.1) is 0 Å². The summed E-state index contributed by atoms with van der Waals surface area (Å²) in [5.74, 6) is 0.859. The van der Waals surface area contributed by atoms with Gasteiger partial charge < -0.3 is 9.22 Å². The highest BCUT2D eigenvalue weighted by atomic mass is 16.5. The molecule has 0 aliphatic heterocycles. The predicted molar refractivity (Wildman–Crippen MR) is 103 cm³/mol. The van der Waals surface area contributed by atoms with Crippen molar-refractivity contribution >= 4 is 22.1 Å². The molecule has 0 atom stereocenters. The highest BCUT2D eigenvalue weighted by Gasteiger charge is 2.06. The first-order valence-electron chi connectivity index (χ1n) is 8.44. The van der Waals surface area contributed by atoms with Gasteiger partial charge in [0.05, 0.1) is 32.5 Å². The van der Waals surface area contributed by atoms with Gasteiger partial charge in [-0.1, -0.05) is 36.4 Å². The van der Waals surface area contributed by atoms with Crippen molar-refractivity contribution in [3.63, 3.8) is 0 Å². The second-order valence-corrected chi connectivity index (χ2v) is 7.05. The van der Waals surface area contributed by atoms with Gasteiger partial charge in [-0.15, -0.1) is 5.11 Å². The maximum atomic E-state index is 5.77. The van der Waals surface area contributed by atoms with Gasteiger partial charge in [0.25, 0.3) is 0 Å². The van der Waals surface area contributed by atoms with E-state index in [-0.39, 0.29) is 0 Å². The van der Waals surface area contributed by atoms with E-state index in [0.29, 0.717) is 6.61 Å². The molecule has 0 bridgehead atoms. The molecule has 4 nitrogen and oxygen atoms in total. The Morgan fingerprint density at radius 2 is 1.52 bits per heavy atom. The first kappa shape index (κ1) is 17.1. The first-order chi connectivity index (χ1) is 12.0. The summed E-state index contributed by atoms with van der Waals surface area (Å²) < 4.78 is 6.66. The molecule has 3 aromatic carbocycles. The van der Waals surface area contributed by atoms with Crippen LogP contribution < -0.4 is 4.74 Å². The van der Waals surface area contributed by atoms with Gasteiger partial charge in [-0.2, -0.15) is 5.11 Å². The van der Waals surface area contributed by atoms with Gasteiger partial charge in [0.1, 0.15) is 18.9 Å². The lowest BCUT2D eigenvalue weighted by Crippen LogP contribution is -2.38. The van der Waals surface area contributed by atoms with Gasteiger partial charge in [-0.25, -0.2) is 0 Å². The summed E-state index contributed by atoms with van der Waals surface area (Å²) >= 11 is 0. The lowest BCUT2D eigenvalue weighted by Gasteiger charge is -2.23. The largest absolute Gasteiger partial charge is 0.488 e. The standard InChI is InChI=1S/C21H24N3O/c1-24(2,3)15-16-25-19-13-11-18(12-14-19)22-23-21-10-6-8-17-7-4-5-9-20(17)21/h4-14H,15-16H2,1-3H3/q+1. The summed E-state index contributed by atoms with van der Waals surface area (Å²) in [5, 5.41) is 11.0. The van der Waals surface area contributed by atoms with Crippen molar-refractivity contribution in [2.24, 2.45) is 10.2 Å². The minimum Gasteiger partial charge on any atom is -0.488 e. The highest BCUT2D eigenvalue weighted by Crippen LogP contribution is 2.27. The van der Waals surface area contributed by atoms with E-state index in [4.69, 9.17) is 4.74 Å². The van der Waals surface area contributed by atoms with Gasteiger partial charge >= 0.3 is 0 Å². The molecule has 0 N–H and O–H groups in total. The maximum Gasteiger partial charge on any atom is 0.137 e. The Balaban J connectivity index is 1.67. The third kappa shape index (κ3) is 4.88. The van der Waals surface area contributed by atoms with Crippen LogP contribution in [0.25, 0.3) is 10.8 Å². The molecule has 0 aromatic heterocycles. The van der Waals surface area contributed by atoms with Crippen LogP contribution in [0.15, 0.2) is 77.0 Å². The molecule has 3 rings (SSSR count). The molecule has 0 aliphatic rings. The summed E-state index contributed by atoms with van der Waals surface area (Å²) in [6.45, 7) is 1.66. The van der Waals surface area contributed by atoms with Crippen LogP contribution in [-0.4, -0.2) is 38.8 Å². The molecule has 128 valence electrons. The number of hydrogen-bond acceptors (Lipinski definition) is 3. The topological polar surface area (TPSA) is 34.0 Å². The summed E-state index contributed by atoms with van der Waals surface area (Å²) in [6.07, 6.45) is 0. The third-order valence-electron chi connectivity index (χ3n) is 3.91. The fraction of sp³-hybridized carbons (Fsp3) is 0.238. The number of hydrogen-bond donors (Lipinski definition) is 0. The maximum absolute atomic E-state index is 5.77. The molecule has 0 saturated carbocycles. The number of azo groups is 1. The monoisotopic (exact) mass is 334 g/mol. The van der Waals surface area contributed by atoms with Crippen LogP contribution in [0.5, 0.6) is 5.75 Å². The van der Waals surface area contributed by atoms with E-state index in [1.165, 1.54) is 5.39 Å². The van der Waals surface area contributed by atoms with Crippen LogP contribution in [0.3, 0.4) is 0 Å². The lowest BCUT2D eigenvalue weighted by molar-refractivity contribution is -0.870. The van der Waals surface area contributed by atoms with Gasteiger partial charge in [0.15, 0.2) is 0 Å². The minimum absolute atomic E-state index is 0.695. The second kappa shape index (κ2) is 7.45. The van der Waals surface area contributed by atoms with E-state index in [0.717, 1.165) is 33.5 Å². The van der Waals surface area contributed by atoms with Crippen molar-refractivity contribution < 1.29 is 9.22 Å². The van der Waals surface area contributed by atoms with E-state index in [9.17, 15) is 0 Å². The van der Waals surface area contributed by atoms with Crippen molar-refractivity contribution in [1.82, 2.24) is 0 Å². The molecule has 4 heteroatoms. The van der Waals surface area contributed by atoms with E-state index in [2.05, 4.69) is 49.6 Å². The molecule has 0 aliphatic carbocycles. The minimum atomic E-state index is 0.695. The van der Waals surface area contributed by atoms with E-state index in [1.54, 1.807) is 0 Å². The third-order valence-corrected chi connectivity index (χ3v) is 3.91. The zero-order valence-corrected chi connectivity index (χ0v) is 15.0. The quantitative estimate of drug-likeness (QED) is 0.442. The number of nitrogens with zero attached hydrogens (tertiary/aromatic N) is 3. The Labute approximate surface area is 149 Å². The fourth-order valence-electron chi connectivity index (χ4n) is 2.45. The van der Waals surface area contributed by atoms with E-state index >= 15 is 0 Å². The lowest BCUT2D eigenvalue weighted by atomic mass is 10.1. The average molecular weight is 334 g/mol. The summed E-state index contributed by atoms with van der Waals surface area (Å²) in [7, 11) is 6.46. The molecule has 0 heterocycles. The second-order valence-electron chi connectivity index (χ2n) is 7.05. The Morgan fingerprint density at radius 3 is 2.28 bits per heavy atom. The Kier molecular flexibility index (Phi) is 5.10. The van der Waals surface area contributed by atoms with Crippen LogP contribution in [-0.2, 0) is 0 Å². The zero-order chi connectivity index (χ0) is 17.7. The highest BCUT2D eigenvalue weighted by molar-refractivity contribution is 5.92. The predicted octanol–water partition coefficient (Wildman–Crippen LogP) is 5.34. The van der Waals surface area contributed by atoms with Crippen molar-refractivity contribution in [3.8, 4) is 5.75 Å². The molecule has 0 spiro atoms. The Morgan fingerprint density at radius 1 is 0.800 bits per heavy atom. The van der Waals surface area contributed by atoms with E-state index in [1.807, 2.05) is 48.5 Å². The van der Waals surface area contributed by atoms with Crippen LogP contribution >= 0.6 is 0 Å². The number of fused-ring (bicyclic) bond motifs is 1. The number of likely N-dealkylation sites (N-methyl/N-ethyl adjacent to an activating group) is 1. The smallest absolute Gasteiger partial charge is 0.137 e. The number of ether oxygens (including phenoxy) is 1. The molecule has 25 heavy (non-hydrogen) atoms. The SMILES string of the molecule is C[N+](C)(C)CCOc1ccc(N=Nc2cccc3ccccc23)cc1. The number of quaternary nitrogens is 1. The van der Waals surface area contributed by atoms with Crippen molar-refractivity contribution in [1.29, 1.82) is 0 Å². The molecule has 0 amide bonds.